The minimum absolute atomic E-state index is 0.138. The topological polar surface area (TPSA) is 58.9 Å². The molecule has 0 amide bonds. The van der Waals surface area contributed by atoms with E-state index in [4.69, 9.17) is 14.3 Å². The molecule has 1 saturated heterocycles. The monoisotopic (exact) mass is 318 g/mol. The van der Waals surface area contributed by atoms with Crippen LogP contribution >= 0.6 is 0 Å². The molecule has 1 heterocycles. The second kappa shape index (κ2) is 8.06. The van der Waals surface area contributed by atoms with Crippen molar-refractivity contribution in [1.82, 2.24) is 0 Å². The van der Waals surface area contributed by atoms with E-state index in [1.54, 1.807) is 0 Å². The third-order valence-electron chi connectivity index (χ3n) is 4.87. The summed E-state index contributed by atoms with van der Waals surface area (Å²) in [4.78, 5) is 0. The smallest absolute Gasteiger partial charge is 0.192 e. The summed E-state index contributed by atoms with van der Waals surface area (Å²) in [5.74, 6) is 0. The highest BCUT2D eigenvalue weighted by Gasteiger charge is 2.41. The summed E-state index contributed by atoms with van der Waals surface area (Å²) in [5.41, 5.74) is 0. The second-order valence-corrected chi connectivity index (χ2v) is 12.5. The maximum absolute atomic E-state index is 9.43. The van der Waals surface area contributed by atoms with Gasteiger partial charge in [-0.2, -0.15) is 0 Å². The van der Waals surface area contributed by atoms with Crippen molar-refractivity contribution < 1.29 is 19.4 Å². The van der Waals surface area contributed by atoms with Crippen molar-refractivity contribution >= 4 is 8.32 Å². The van der Waals surface area contributed by atoms with Gasteiger partial charge < -0.3 is 19.4 Å². The Morgan fingerprint density at radius 2 is 2.00 bits per heavy atom. The molecule has 126 valence electrons. The lowest BCUT2D eigenvalue weighted by Gasteiger charge is -2.43. The quantitative estimate of drug-likeness (QED) is 0.708. The average molecular weight is 319 g/mol. The first-order chi connectivity index (χ1) is 9.67. The van der Waals surface area contributed by atoms with Crippen molar-refractivity contribution in [2.75, 3.05) is 13.2 Å². The molecule has 0 aliphatic carbocycles. The van der Waals surface area contributed by atoms with Crippen LogP contribution in [-0.4, -0.2) is 50.1 Å². The van der Waals surface area contributed by atoms with Crippen molar-refractivity contribution in [3.8, 4) is 0 Å². The van der Waals surface area contributed by atoms with Crippen molar-refractivity contribution in [3.05, 3.63) is 0 Å². The highest BCUT2D eigenvalue weighted by atomic mass is 28.4. The first-order valence-corrected chi connectivity index (χ1v) is 11.2. The van der Waals surface area contributed by atoms with E-state index >= 15 is 0 Å². The molecule has 0 spiro atoms. The molecule has 3 atom stereocenters. The Morgan fingerprint density at radius 1 is 1.33 bits per heavy atom. The number of hydrogen-bond donors (Lipinski definition) is 2. The number of hydrogen-bond acceptors (Lipinski definition) is 4. The average Bonchev–Trinajstić information content (AvgIpc) is 2.38. The van der Waals surface area contributed by atoms with E-state index in [9.17, 15) is 5.11 Å². The predicted molar refractivity (Wildman–Crippen MR) is 88.0 cm³/mol. The number of ether oxygens (including phenoxy) is 1. The Hall–Kier alpha value is 0.0569. The summed E-state index contributed by atoms with van der Waals surface area (Å²) in [6, 6.07) is 0. The normalized spacial score (nSPS) is 25.9. The van der Waals surface area contributed by atoms with Gasteiger partial charge >= 0.3 is 0 Å². The highest BCUT2D eigenvalue weighted by molar-refractivity contribution is 6.74. The van der Waals surface area contributed by atoms with E-state index in [0.717, 1.165) is 32.3 Å². The van der Waals surface area contributed by atoms with Crippen molar-refractivity contribution in [2.24, 2.45) is 0 Å². The van der Waals surface area contributed by atoms with Gasteiger partial charge in [0.2, 0.25) is 0 Å². The van der Waals surface area contributed by atoms with Gasteiger partial charge in [0.05, 0.1) is 24.9 Å². The van der Waals surface area contributed by atoms with Crippen LogP contribution in [0.2, 0.25) is 18.1 Å². The van der Waals surface area contributed by atoms with Crippen LogP contribution in [0.25, 0.3) is 0 Å². The lowest BCUT2D eigenvalue weighted by Crippen LogP contribution is -2.49. The molecule has 2 N–H and O–H groups in total. The fourth-order valence-electron chi connectivity index (χ4n) is 2.42. The van der Waals surface area contributed by atoms with Crippen molar-refractivity contribution in [3.63, 3.8) is 0 Å². The van der Waals surface area contributed by atoms with Gasteiger partial charge in [-0.05, 0) is 50.2 Å². The fraction of sp³-hybridized carbons (Fsp3) is 1.00. The number of aliphatic hydroxyl groups is 2. The van der Waals surface area contributed by atoms with Crippen LogP contribution in [0.1, 0.15) is 52.9 Å². The van der Waals surface area contributed by atoms with Gasteiger partial charge in [-0.3, -0.25) is 0 Å². The summed E-state index contributed by atoms with van der Waals surface area (Å²) in [6.07, 6.45) is 4.25. The van der Waals surface area contributed by atoms with Crippen LogP contribution < -0.4 is 0 Å². The van der Waals surface area contributed by atoms with Gasteiger partial charge in [0, 0.05) is 6.61 Å². The molecule has 0 saturated carbocycles. The zero-order chi connectivity index (χ0) is 16.1. The summed E-state index contributed by atoms with van der Waals surface area (Å²) < 4.78 is 12.5. The SMILES string of the molecule is CC(C)(C)[Si](C)(C)O[C@H]1CCCO[C@@H]1CCCC(O)CO. The van der Waals surface area contributed by atoms with Crippen LogP contribution in [-0.2, 0) is 9.16 Å². The Balaban J connectivity index is 2.53. The summed E-state index contributed by atoms with van der Waals surface area (Å²) in [7, 11) is -1.77. The molecule has 1 rings (SSSR count). The minimum Gasteiger partial charge on any atom is -0.411 e. The molecular weight excluding hydrogens is 284 g/mol. The first-order valence-electron chi connectivity index (χ1n) is 8.25. The molecule has 0 aromatic rings. The van der Waals surface area contributed by atoms with Crippen molar-refractivity contribution in [1.29, 1.82) is 0 Å². The molecule has 1 aliphatic rings. The highest BCUT2D eigenvalue weighted by Crippen LogP contribution is 2.39. The van der Waals surface area contributed by atoms with E-state index in [0.29, 0.717) is 6.42 Å². The Morgan fingerprint density at radius 3 is 2.57 bits per heavy atom. The lowest BCUT2D eigenvalue weighted by atomic mass is 10.00. The van der Waals surface area contributed by atoms with Crippen LogP contribution in [0.5, 0.6) is 0 Å². The molecule has 21 heavy (non-hydrogen) atoms. The van der Waals surface area contributed by atoms with Gasteiger partial charge in [0.25, 0.3) is 0 Å². The molecule has 1 fully saturated rings. The molecule has 4 nitrogen and oxygen atoms in total. The van der Waals surface area contributed by atoms with E-state index in [1.165, 1.54) is 0 Å². The molecular formula is C16H34O4Si. The number of aliphatic hydroxyl groups excluding tert-OH is 2. The van der Waals surface area contributed by atoms with Crippen LogP contribution in [0.4, 0.5) is 0 Å². The first kappa shape index (κ1) is 19.1. The van der Waals surface area contributed by atoms with E-state index in [2.05, 4.69) is 33.9 Å². The third kappa shape index (κ3) is 5.98. The maximum Gasteiger partial charge on any atom is 0.192 e. The van der Waals surface area contributed by atoms with E-state index in [1.807, 2.05) is 0 Å². The van der Waals surface area contributed by atoms with E-state index in [-0.39, 0.29) is 23.9 Å². The van der Waals surface area contributed by atoms with Crippen LogP contribution in [0.3, 0.4) is 0 Å². The minimum atomic E-state index is -1.77. The number of rotatable bonds is 7. The maximum atomic E-state index is 9.43. The Bertz CT molecular complexity index is 301. The second-order valence-electron chi connectivity index (χ2n) is 7.74. The standard InChI is InChI=1S/C16H34O4Si/c1-16(2,3)21(4,5)20-15-10-7-11-19-14(15)9-6-8-13(18)12-17/h13-15,17-18H,6-12H2,1-5H3/t13?,14-,15+/m1/s1. The van der Waals surface area contributed by atoms with Crippen LogP contribution in [0, 0.1) is 0 Å². The molecule has 1 aliphatic heterocycles. The van der Waals surface area contributed by atoms with Gasteiger partial charge in [-0.25, -0.2) is 0 Å². The molecule has 5 heteroatoms. The molecule has 0 aromatic heterocycles. The predicted octanol–water partition coefficient (Wildman–Crippen LogP) is 3.08. The molecule has 0 aromatic carbocycles. The molecule has 1 unspecified atom stereocenters. The molecule has 0 radical (unpaired) electrons. The van der Waals surface area contributed by atoms with Gasteiger partial charge in [0.15, 0.2) is 8.32 Å². The molecule has 0 bridgehead atoms. The van der Waals surface area contributed by atoms with Gasteiger partial charge in [0.1, 0.15) is 0 Å². The van der Waals surface area contributed by atoms with E-state index < -0.39 is 14.4 Å². The van der Waals surface area contributed by atoms with Gasteiger partial charge in [-0.15, -0.1) is 0 Å². The summed E-state index contributed by atoms with van der Waals surface area (Å²) >= 11 is 0. The zero-order valence-electron chi connectivity index (χ0n) is 14.4. The summed E-state index contributed by atoms with van der Waals surface area (Å²) in [6.45, 7) is 12.0. The largest absolute Gasteiger partial charge is 0.411 e. The van der Waals surface area contributed by atoms with Crippen LogP contribution in [0.15, 0.2) is 0 Å². The van der Waals surface area contributed by atoms with Crippen molar-refractivity contribution in [2.45, 2.75) is 89.3 Å². The zero-order valence-corrected chi connectivity index (χ0v) is 15.4. The summed E-state index contributed by atoms with van der Waals surface area (Å²) in [5, 5.41) is 18.5. The van der Waals surface area contributed by atoms with Gasteiger partial charge in [-0.1, -0.05) is 20.8 Å². The lowest BCUT2D eigenvalue weighted by molar-refractivity contribution is -0.0727. The third-order valence-corrected chi connectivity index (χ3v) is 9.37. The fourth-order valence-corrected chi connectivity index (χ4v) is 3.80. The Kier molecular flexibility index (Phi) is 7.33. The Labute approximate surface area is 131 Å².